The van der Waals surface area contributed by atoms with E-state index in [2.05, 4.69) is 21.2 Å². The number of carbonyl (C=O) groups excluding carboxylic acids is 2. The van der Waals surface area contributed by atoms with Crippen molar-refractivity contribution < 1.29 is 18.7 Å². The van der Waals surface area contributed by atoms with Gasteiger partial charge in [0.1, 0.15) is 5.58 Å². The van der Waals surface area contributed by atoms with Crippen LogP contribution in [0.4, 0.5) is 5.69 Å². The van der Waals surface area contributed by atoms with E-state index in [1.165, 1.54) is 0 Å². The Morgan fingerprint density at radius 1 is 1.16 bits per heavy atom. The Labute approximate surface area is 153 Å². The quantitative estimate of drug-likeness (QED) is 0.648. The number of fused-ring (bicyclic) bond motifs is 1. The summed E-state index contributed by atoms with van der Waals surface area (Å²) in [5.74, 6) is -0.959. The number of hydrogen-bond acceptors (Lipinski definition) is 4. The Hall–Kier alpha value is -2.60. The highest BCUT2D eigenvalue weighted by Gasteiger charge is 2.19. The van der Waals surface area contributed by atoms with Crippen molar-refractivity contribution >= 4 is 44.5 Å². The lowest BCUT2D eigenvalue weighted by Crippen LogP contribution is -2.21. The molecule has 25 heavy (non-hydrogen) atoms. The van der Waals surface area contributed by atoms with Crippen LogP contribution in [-0.2, 0) is 9.53 Å². The molecule has 0 fully saturated rings. The highest BCUT2D eigenvalue weighted by molar-refractivity contribution is 9.10. The topological polar surface area (TPSA) is 68.5 Å². The molecule has 2 aromatic carbocycles. The van der Waals surface area contributed by atoms with Crippen LogP contribution in [-0.4, -0.2) is 18.5 Å². The molecule has 6 heteroatoms. The van der Waals surface area contributed by atoms with Crippen LogP contribution in [0.2, 0.25) is 0 Å². The normalized spacial score (nSPS) is 10.7. The third-order valence-corrected chi connectivity index (χ3v) is 4.67. The van der Waals surface area contributed by atoms with E-state index in [-0.39, 0.29) is 12.4 Å². The molecule has 1 N–H and O–H groups in total. The molecule has 1 heterocycles. The van der Waals surface area contributed by atoms with Gasteiger partial charge in [-0.15, -0.1) is 0 Å². The monoisotopic (exact) mass is 401 g/mol. The van der Waals surface area contributed by atoms with E-state index in [0.29, 0.717) is 16.8 Å². The number of halogens is 1. The van der Waals surface area contributed by atoms with Gasteiger partial charge in [0.05, 0.1) is 0 Å². The number of carbonyl (C=O) groups is 2. The van der Waals surface area contributed by atoms with Gasteiger partial charge in [0.2, 0.25) is 5.76 Å². The summed E-state index contributed by atoms with van der Waals surface area (Å²) in [7, 11) is 0. The molecular formula is C19H16BrNO4. The number of furan rings is 1. The van der Waals surface area contributed by atoms with Crippen LogP contribution in [0.15, 0.2) is 51.4 Å². The molecule has 0 radical (unpaired) electrons. The predicted molar refractivity (Wildman–Crippen MR) is 98.7 cm³/mol. The van der Waals surface area contributed by atoms with Gasteiger partial charge in [0.15, 0.2) is 6.61 Å². The number of ether oxygens (including phenoxy) is 1. The Kier molecular flexibility index (Phi) is 4.90. The number of anilines is 1. The van der Waals surface area contributed by atoms with E-state index < -0.39 is 11.9 Å². The molecule has 128 valence electrons. The van der Waals surface area contributed by atoms with Gasteiger partial charge in [-0.1, -0.05) is 40.2 Å². The van der Waals surface area contributed by atoms with E-state index in [1.807, 2.05) is 31.2 Å². The van der Waals surface area contributed by atoms with Crippen molar-refractivity contribution in [1.82, 2.24) is 0 Å². The van der Waals surface area contributed by atoms with Crippen LogP contribution in [0.1, 0.15) is 21.7 Å². The maximum Gasteiger partial charge on any atom is 0.375 e. The summed E-state index contributed by atoms with van der Waals surface area (Å²) in [6, 6.07) is 12.8. The largest absolute Gasteiger partial charge is 0.450 e. The lowest BCUT2D eigenvalue weighted by Gasteiger charge is -2.07. The minimum Gasteiger partial charge on any atom is -0.450 e. The number of esters is 1. The number of rotatable bonds is 4. The molecule has 0 spiro atoms. The first-order valence-electron chi connectivity index (χ1n) is 7.67. The lowest BCUT2D eigenvalue weighted by atomic mass is 10.1. The molecule has 3 rings (SSSR count). The molecule has 5 nitrogen and oxygen atoms in total. The Morgan fingerprint density at radius 3 is 2.64 bits per heavy atom. The first-order valence-corrected chi connectivity index (χ1v) is 8.46. The summed E-state index contributed by atoms with van der Waals surface area (Å²) in [4.78, 5) is 24.2. The fourth-order valence-corrected chi connectivity index (χ4v) is 2.81. The molecule has 0 aliphatic carbocycles. The molecular weight excluding hydrogens is 386 g/mol. The summed E-state index contributed by atoms with van der Waals surface area (Å²) in [5.41, 5.74) is 2.99. The minimum atomic E-state index is -0.658. The highest BCUT2D eigenvalue weighted by Crippen LogP contribution is 2.25. The van der Waals surface area contributed by atoms with Crippen molar-refractivity contribution in [1.29, 1.82) is 0 Å². The first-order chi connectivity index (χ1) is 12.0. The summed E-state index contributed by atoms with van der Waals surface area (Å²) in [6.07, 6.45) is 0. The molecule has 1 aromatic heterocycles. The van der Waals surface area contributed by atoms with E-state index >= 15 is 0 Å². The molecule has 0 saturated carbocycles. The fraction of sp³-hybridized carbons (Fsp3) is 0.158. The summed E-state index contributed by atoms with van der Waals surface area (Å²) < 4.78 is 11.5. The average Bonchev–Trinajstić information content (AvgIpc) is 2.93. The van der Waals surface area contributed by atoms with E-state index in [1.54, 1.807) is 25.1 Å². The Balaban J connectivity index is 1.64. The van der Waals surface area contributed by atoms with E-state index in [4.69, 9.17) is 9.15 Å². The van der Waals surface area contributed by atoms with Crippen molar-refractivity contribution in [2.75, 3.05) is 11.9 Å². The Bertz CT molecular complexity index is 961. The zero-order chi connectivity index (χ0) is 18.0. The zero-order valence-corrected chi connectivity index (χ0v) is 15.3. The molecule has 0 saturated heterocycles. The van der Waals surface area contributed by atoms with Crippen LogP contribution in [0.5, 0.6) is 0 Å². The summed E-state index contributed by atoms with van der Waals surface area (Å²) in [6.45, 7) is 3.35. The van der Waals surface area contributed by atoms with E-state index in [0.717, 1.165) is 15.4 Å². The van der Waals surface area contributed by atoms with Crippen LogP contribution in [0.3, 0.4) is 0 Å². The molecule has 0 atom stereocenters. The van der Waals surface area contributed by atoms with Gasteiger partial charge < -0.3 is 14.5 Å². The third-order valence-electron chi connectivity index (χ3n) is 3.82. The van der Waals surface area contributed by atoms with Crippen molar-refractivity contribution in [3.05, 3.63) is 63.8 Å². The van der Waals surface area contributed by atoms with Crippen molar-refractivity contribution in [3.63, 3.8) is 0 Å². The number of benzene rings is 2. The smallest absolute Gasteiger partial charge is 0.375 e. The van der Waals surface area contributed by atoms with Gasteiger partial charge in [-0.3, -0.25) is 4.79 Å². The van der Waals surface area contributed by atoms with Gasteiger partial charge in [0.25, 0.3) is 5.91 Å². The van der Waals surface area contributed by atoms with Gasteiger partial charge in [-0.2, -0.15) is 0 Å². The van der Waals surface area contributed by atoms with Crippen molar-refractivity contribution in [2.24, 2.45) is 0 Å². The van der Waals surface area contributed by atoms with E-state index in [9.17, 15) is 9.59 Å². The summed E-state index contributed by atoms with van der Waals surface area (Å²) in [5, 5.41) is 3.53. The van der Waals surface area contributed by atoms with Gasteiger partial charge >= 0.3 is 5.97 Å². The number of aryl methyl sites for hydroxylation is 2. The molecule has 0 aliphatic heterocycles. The lowest BCUT2D eigenvalue weighted by molar-refractivity contribution is -0.119. The SMILES string of the molecule is Cc1ccc(NC(=O)COC(=O)c2oc3ccccc3c2C)cc1Br. The van der Waals surface area contributed by atoms with Crippen LogP contribution >= 0.6 is 15.9 Å². The minimum absolute atomic E-state index is 0.118. The van der Waals surface area contributed by atoms with Crippen LogP contribution < -0.4 is 5.32 Å². The molecule has 0 aliphatic rings. The summed E-state index contributed by atoms with van der Waals surface area (Å²) >= 11 is 3.40. The number of amides is 1. The number of hydrogen-bond donors (Lipinski definition) is 1. The third kappa shape index (κ3) is 3.74. The van der Waals surface area contributed by atoms with Gasteiger partial charge in [0, 0.05) is 21.1 Å². The van der Waals surface area contributed by atoms with Crippen LogP contribution in [0.25, 0.3) is 11.0 Å². The highest BCUT2D eigenvalue weighted by atomic mass is 79.9. The molecule has 3 aromatic rings. The van der Waals surface area contributed by atoms with Gasteiger partial charge in [-0.25, -0.2) is 4.79 Å². The first kappa shape index (κ1) is 17.2. The average molecular weight is 402 g/mol. The maximum absolute atomic E-state index is 12.2. The number of para-hydroxylation sites is 1. The van der Waals surface area contributed by atoms with Crippen molar-refractivity contribution in [3.8, 4) is 0 Å². The second kappa shape index (κ2) is 7.11. The second-order valence-electron chi connectivity index (χ2n) is 5.64. The molecule has 0 bridgehead atoms. The van der Waals surface area contributed by atoms with Gasteiger partial charge in [-0.05, 0) is 37.6 Å². The predicted octanol–water partition coefficient (Wildman–Crippen LogP) is 4.61. The second-order valence-corrected chi connectivity index (χ2v) is 6.49. The zero-order valence-electron chi connectivity index (χ0n) is 13.8. The molecule has 1 amide bonds. The molecule has 0 unspecified atom stereocenters. The maximum atomic E-state index is 12.2. The Morgan fingerprint density at radius 2 is 1.92 bits per heavy atom. The van der Waals surface area contributed by atoms with Crippen LogP contribution in [0, 0.1) is 13.8 Å². The van der Waals surface area contributed by atoms with Crippen molar-refractivity contribution in [2.45, 2.75) is 13.8 Å². The number of nitrogens with one attached hydrogen (secondary N) is 1. The standard InChI is InChI=1S/C19H16BrNO4/c1-11-7-8-13(9-15(11)20)21-17(22)10-24-19(23)18-12(2)14-5-3-4-6-16(14)25-18/h3-9H,10H2,1-2H3,(H,21,22). The fourth-order valence-electron chi connectivity index (χ4n) is 2.43.